The number of benzene rings is 2. The van der Waals surface area contributed by atoms with Crippen molar-refractivity contribution in [2.24, 2.45) is 5.73 Å². The largest absolute Gasteiger partial charge is 0.508 e. The molecule has 44 heavy (non-hydrogen) atoms. The van der Waals surface area contributed by atoms with Gasteiger partial charge in [-0.2, -0.15) is 0 Å². The fourth-order valence-corrected chi connectivity index (χ4v) is 5.32. The maximum absolute atomic E-state index is 13.8. The van der Waals surface area contributed by atoms with Crippen LogP contribution in [0.15, 0.2) is 42.5 Å². The number of likely N-dealkylation sites (N-methyl/N-ethyl adjacent to an activating group) is 1. The normalized spacial score (nSPS) is 19.9. The van der Waals surface area contributed by atoms with Crippen LogP contribution in [0.3, 0.4) is 0 Å². The Morgan fingerprint density at radius 1 is 1.09 bits per heavy atom. The zero-order valence-corrected chi connectivity index (χ0v) is 26.4. The number of phenols is 1. The van der Waals surface area contributed by atoms with Gasteiger partial charge in [0.2, 0.25) is 23.6 Å². The van der Waals surface area contributed by atoms with Gasteiger partial charge in [-0.25, -0.2) is 4.39 Å². The van der Waals surface area contributed by atoms with E-state index in [2.05, 4.69) is 10.6 Å². The minimum absolute atomic E-state index is 0.105. The summed E-state index contributed by atoms with van der Waals surface area (Å²) in [4.78, 5) is 56.1. The molecule has 0 aromatic heterocycles. The zero-order valence-electron chi connectivity index (χ0n) is 26.4. The number of nitrogens with zero attached hydrogens (tertiary/aromatic N) is 2. The molecule has 2 aromatic rings. The van der Waals surface area contributed by atoms with Gasteiger partial charge < -0.3 is 31.3 Å². The molecular weight excluding hydrogens is 565 g/mol. The molecule has 1 heterocycles. The molecule has 0 bridgehead atoms. The van der Waals surface area contributed by atoms with Crippen LogP contribution in [0.25, 0.3) is 0 Å². The third-order valence-electron chi connectivity index (χ3n) is 8.03. The Balaban J connectivity index is 1.87. The van der Waals surface area contributed by atoms with Crippen LogP contribution in [0, 0.1) is 5.82 Å². The number of hydrogen-bond donors (Lipinski definition) is 4. The van der Waals surface area contributed by atoms with E-state index in [0.717, 1.165) is 5.56 Å². The van der Waals surface area contributed by atoms with Gasteiger partial charge in [-0.05, 0) is 66.0 Å². The number of hydrogen-bond acceptors (Lipinski definition) is 6. The first-order valence-corrected chi connectivity index (χ1v) is 15.1. The second kappa shape index (κ2) is 15.1. The summed E-state index contributed by atoms with van der Waals surface area (Å²) >= 11 is 0. The summed E-state index contributed by atoms with van der Waals surface area (Å²) in [5.74, 6) is -1.77. The lowest BCUT2D eigenvalue weighted by molar-refractivity contribution is -0.141. The van der Waals surface area contributed by atoms with E-state index in [-0.39, 0.29) is 42.9 Å². The minimum Gasteiger partial charge on any atom is -0.508 e. The third kappa shape index (κ3) is 9.51. The number of nitrogens with one attached hydrogen (secondary N) is 2. The summed E-state index contributed by atoms with van der Waals surface area (Å²) in [6, 6.07) is 7.92. The van der Waals surface area contributed by atoms with Gasteiger partial charge in [0.25, 0.3) is 0 Å². The molecule has 4 amide bonds. The average molecular weight is 612 g/mol. The van der Waals surface area contributed by atoms with Gasteiger partial charge in [0.05, 0.1) is 6.04 Å². The highest BCUT2D eigenvalue weighted by molar-refractivity contribution is 5.93. The topological polar surface area (TPSA) is 145 Å². The van der Waals surface area contributed by atoms with E-state index in [1.807, 2.05) is 26.8 Å². The number of carbonyl (C=O) groups is 4. The fourth-order valence-electron chi connectivity index (χ4n) is 5.32. The Bertz CT molecular complexity index is 1330. The van der Waals surface area contributed by atoms with Gasteiger partial charge >= 0.3 is 0 Å². The van der Waals surface area contributed by atoms with Gasteiger partial charge in [-0.1, -0.05) is 45.0 Å². The Kier molecular flexibility index (Phi) is 11.9. The molecule has 1 saturated heterocycles. The quantitative estimate of drug-likeness (QED) is 0.395. The first-order chi connectivity index (χ1) is 20.7. The fraction of sp³-hybridized carbons (Fsp3) is 0.515. The summed E-state index contributed by atoms with van der Waals surface area (Å²) in [7, 11) is 3.21. The Morgan fingerprint density at radius 3 is 2.41 bits per heavy atom. The third-order valence-corrected chi connectivity index (χ3v) is 8.03. The molecule has 0 radical (unpaired) electrons. The van der Waals surface area contributed by atoms with Gasteiger partial charge in [0.15, 0.2) is 0 Å². The molecule has 3 unspecified atom stereocenters. The smallest absolute Gasteiger partial charge is 0.243 e. The maximum Gasteiger partial charge on any atom is 0.243 e. The Hall–Kier alpha value is -3.99. The molecule has 10 nitrogen and oxygen atoms in total. The predicted molar refractivity (Wildman–Crippen MR) is 166 cm³/mol. The van der Waals surface area contributed by atoms with Crippen molar-refractivity contribution in [1.29, 1.82) is 0 Å². The van der Waals surface area contributed by atoms with Crippen LogP contribution in [-0.4, -0.2) is 83.8 Å². The van der Waals surface area contributed by atoms with Crippen molar-refractivity contribution >= 4 is 23.6 Å². The summed E-state index contributed by atoms with van der Waals surface area (Å²) in [6.07, 6.45) is 1.87. The predicted octanol–water partition coefficient (Wildman–Crippen LogP) is 2.40. The lowest BCUT2D eigenvalue weighted by Gasteiger charge is -2.31. The molecule has 1 aliphatic rings. The van der Waals surface area contributed by atoms with Crippen LogP contribution in [-0.2, 0) is 37.4 Å². The molecule has 3 atom stereocenters. The lowest BCUT2D eigenvalue weighted by atomic mass is 9.84. The lowest BCUT2D eigenvalue weighted by Crippen LogP contribution is -2.57. The molecule has 5 N–H and O–H groups in total. The second-order valence-electron chi connectivity index (χ2n) is 12.6. The van der Waals surface area contributed by atoms with Crippen LogP contribution in [0.1, 0.15) is 63.1 Å². The van der Waals surface area contributed by atoms with E-state index in [9.17, 15) is 28.7 Å². The van der Waals surface area contributed by atoms with Gasteiger partial charge in [0, 0.05) is 40.0 Å². The zero-order chi connectivity index (χ0) is 32.6. The van der Waals surface area contributed by atoms with E-state index in [1.165, 1.54) is 24.1 Å². The molecule has 1 aliphatic heterocycles. The SMILES string of the molecule is CN1CCCCC(N(C)C(=O)C(N)Cc2ccc(F)cc2)C(=O)NC(Cc2ccc(O)c(C(C)(C)C)c2)C(=O)NCCC1=O. The van der Waals surface area contributed by atoms with Crippen molar-refractivity contribution < 1.29 is 28.7 Å². The Morgan fingerprint density at radius 2 is 1.75 bits per heavy atom. The molecule has 2 aromatic carbocycles. The van der Waals surface area contributed by atoms with E-state index in [1.54, 1.807) is 36.2 Å². The molecule has 1 fully saturated rings. The first kappa shape index (κ1) is 34.5. The maximum atomic E-state index is 13.8. The van der Waals surface area contributed by atoms with E-state index in [4.69, 9.17) is 5.73 Å². The van der Waals surface area contributed by atoms with Crippen molar-refractivity contribution in [1.82, 2.24) is 20.4 Å². The van der Waals surface area contributed by atoms with Crippen LogP contribution >= 0.6 is 0 Å². The van der Waals surface area contributed by atoms with Gasteiger partial charge in [-0.3, -0.25) is 19.2 Å². The van der Waals surface area contributed by atoms with Gasteiger partial charge in [-0.15, -0.1) is 0 Å². The number of nitrogens with two attached hydrogens (primary N) is 1. The highest BCUT2D eigenvalue weighted by atomic mass is 19.1. The highest BCUT2D eigenvalue weighted by Gasteiger charge is 2.33. The molecule has 0 spiro atoms. The number of carbonyl (C=O) groups excluding carboxylic acids is 4. The number of amides is 4. The van der Waals surface area contributed by atoms with Crippen molar-refractivity contribution in [2.45, 2.75) is 82.8 Å². The molecule has 3 rings (SSSR count). The van der Waals surface area contributed by atoms with E-state index < -0.39 is 41.7 Å². The number of rotatable bonds is 6. The Labute approximate surface area is 259 Å². The van der Waals surface area contributed by atoms with Crippen molar-refractivity contribution in [3.8, 4) is 5.75 Å². The minimum atomic E-state index is -1.01. The number of phenolic OH excluding ortho intramolecular Hbond substituents is 1. The summed E-state index contributed by atoms with van der Waals surface area (Å²) in [5, 5.41) is 16.1. The standard InChI is InChI=1S/C33H46FN5O5/c1-33(2,3)24-18-22(11-14-28(24)40)20-26-30(42)36-16-15-29(41)38(4)17-7-6-8-27(31(43)37-26)39(5)32(44)25(35)19-21-9-12-23(34)13-10-21/h9-14,18,25-27,40H,6-8,15-17,19-20,35H2,1-5H3,(H,36,42)(H,37,43). The van der Waals surface area contributed by atoms with E-state index >= 15 is 0 Å². The first-order valence-electron chi connectivity index (χ1n) is 15.1. The molecule has 0 saturated carbocycles. The van der Waals surface area contributed by atoms with Crippen LogP contribution < -0.4 is 16.4 Å². The summed E-state index contributed by atoms with van der Waals surface area (Å²) in [6.45, 7) is 6.48. The van der Waals surface area contributed by atoms with Crippen LogP contribution in [0.5, 0.6) is 5.75 Å². The second-order valence-corrected chi connectivity index (χ2v) is 12.6. The molecular formula is C33H46FN5O5. The average Bonchev–Trinajstić information content (AvgIpc) is 2.96. The molecule has 0 aliphatic carbocycles. The molecule has 11 heteroatoms. The number of halogens is 1. The van der Waals surface area contributed by atoms with Crippen LogP contribution in [0.4, 0.5) is 4.39 Å². The van der Waals surface area contributed by atoms with E-state index in [0.29, 0.717) is 36.9 Å². The van der Waals surface area contributed by atoms with Crippen molar-refractivity contribution in [3.05, 3.63) is 65.0 Å². The monoisotopic (exact) mass is 611 g/mol. The number of aromatic hydroxyl groups is 1. The molecule has 240 valence electrons. The summed E-state index contributed by atoms with van der Waals surface area (Å²) < 4.78 is 13.4. The van der Waals surface area contributed by atoms with Crippen molar-refractivity contribution in [3.63, 3.8) is 0 Å². The summed E-state index contributed by atoms with van der Waals surface area (Å²) in [5.41, 5.74) is 8.01. The van der Waals surface area contributed by atoms with Crippen molar-refractivity contribution in [2.75, 3.05) is 27.2 Å². The highest BCUT2D eigenvalue weighted by Crippen LogP contribution is 2.31. The van der Waals surface area contributed by atoms with Gasteiger partial charge in [0.1, 0.15) is 23.7 Å². The van der Waals surface area contributed by atoms with Crippen LogP contribution in [0.2, 0.25) is 0 Å².